The van der Waals surface area contributed by atoms with Crippen molar-refractivity contribution in [2.45, 2.75) is 89.6 Å². The standard InChI is InChI=1S/C38H56NO5P/c1-31(32-20-15-12-16-21-32)38-26-25-36(40)35(38)30-34(37(38)33-22-17-13-18-23-33)24-14-10-8-6-5-7-9-11-19-28-43-45(41,42)44-29-27-39(2,3)4/h12-13,15-18,20-23,35-36,40H,1,5-11,14,19,24-30H2,2-4H3/p+1. The minimum absolute atomic E-state index is 0.199. The van der Waals surface area contributed by atoms with Crippen molar-refractivity contribution >= 4 is 19.0 Å². The molecule has 2 aliphatic rings. The molecule has 0 bridgehead atoms. The minimum atomic E-state index is -3.95. The van der Waals surface area contributed by atoms with Crippen LogP contribution in [-0.2, 0) is 13.6 Å². The van der Waals surface area contributed by atoms with Gasteiger partial charge in [0.2, 0.25) is 0 Å². The van der Waals surface area contributed by atoms with E-state index < -0.39 is 7.82 Å². The van der Waals surface area contributed by atoms with Gasteiger partial charge in [0.1, 0.15) is 13.2 Å². The van der Waals surface area contributed by atoms with Crippen LogP contribution >= 0.6 is 7.82 Å². The van der Waals surface area contributed by atoms with Gasteiger partial charge < -0.3 is 14.5 Å². The Labute approximate surface area is 272 Å². The summed E-state index contributed by atoms with van der Waals surface area (Å²) in [6.45, 7) is 5.81. The molecule has 7 heteroatoms. The highest BCUT2D eigenvalue weighted by Crippen LogP contribution is 2.66. The van der Waals surface area contributed by atoms with Gasteiger partial charge in [0.25, 0.3) is 0 Å². The summed E-state index contributed by atoms with van der Waals surface area (Å²) in [4.78, 5) is 9.82. The van der Waals surface area contributed by atoms with E-state index in [1.807, 2.05) is 21.1 Å². The molecule has 4 rings (SSSR count). The van der Waals surface area contributed by atoms with Crippen LogP contribution in [0.1, 0.15) is 94.6 Å². The number of quaternary nitrogens is 1. The number of aliphatic hydroxyl groups is 1. The number of phosphoric acid groups is 1. The third-order valence-corrected chi connectivity index (χ3v) is 10.8. The van der Waals surface area contributed by atoms with Crippen molar-refractivity contribution in [1.29, 1.82) is 0 Å². The van der Waals surface area contributed by atoms with E-state index in [2.05, 4.69) is 60.7 Å². The first kappa shape index (κ1) is 35.8. The van der Waals surface area contributed by atoms with Crippen molar-refractivity contribution in [3.63, 3.8) is 0 Å². The first-order chi connectivity index (χ1) is 21.5. The van der Waals surface area contributed by atoms with Gasteiger partial charge in [-0.25, -0.2) is 4.57 Å². The van der Waals surface area contributed by atoms with Gasteiger partial charge >= 0.3 is 7.82 Å². The largest absolute Gasteiger partial charge is 0.472 e. The third-order valence-electron chi connectivity index (χ3n) is 9.81. The second-order valence-electron chi connectivity index (χ2n) is 14.2. The first-order valence-electron chi connectivity index (χ1n) is 17.2. The van der Waals surface area contributed by atoms with Gasteiger partial charge in [-0.1, -0.05) is 118 Å². The number of aliphatic hydroxyl groups excluding tert-OH is 1. The zero-order chi connectivity index (χ0) is 32.3. The van der Waals surface area contributed by atoms with Crippen LogP contribution in [-0.4, -0.2) is 61.5 Å². The van der Waals surface area contributed by atoms with Crippen molar-refractivity contribution in [3.8, 4) is 0 Å². The normalized spacial score (nSPS) is 22.9. The highest BCUT2D eigenvalue weighted by molar-refractivity contribution is 7.47. The molecule has 0 spiro atoms. The molecule has 0 aromatic heterocycles. The molecule has 1 fully saturated rings. The number of unbranched alkanes of at least 4 members (excludes halogenated alkanes) is 8. The molecular formula is C38H57NO5P+. The van der Waals surface area contributed by atoms with E-state index in [-0.39, 0.29) is 30.7 Å². The number of benzene rings is 2. The van der Waals surface area contributed by atoms with Gasteiger partial charge in [0.15, 0.2) is 0 Å². The highest BCUT2D eigenvalue weighted by Gasteiger charge is 2.56. The molecule has 4 unspecified atom stereocenters. The zero-order valence-corrected chi connectivity index (χ0v) is 28.9. The molecule has 2 aliphatic carbocycles. The lowest BCUT2D eigenvalue weighted by atomic mass is 9.66. The van der Waals surface area contributed by atoms with Crippen LogP contribution < -0.4 is 0 Å². The Kier molecular flexibility index (Phi) is 13.3. The maximum atomic E-state index is 12.0. The highest BCUT2D eigenvalue weighted by atomic mass is 31.2. The van der Waals surface area contributed by atoms with Crippen LogP contribution in [0.2, 0.25) is 0 Å². The van der Waals surface area contributed by atoms with Gasteiger partial charge in [-0.15, -0.1) is 0 Å². The zero-order valence-electron chi connectivity index (χ0n) is 28.0. The van der Waals surface area contributed by atoms with E-state index in [1.54, 1.807) is 0 Å². The molecule has 1 saturated carbocycles. The maximum absolute atomic E-state index is 12.0. The van der Waals surface area contributed by atoms with Gasteiger partial charge in [0.05, 0.1) is 33.9 Å². The second kappa shape index (κ2) is 16.7. The molecule has 0 heterocycles. The van der Waals surface area contributed by atoms with Crippen molar-refractivity contribution in [2.24, 2.45) is 11.3 Å². The van der Waals surface area contributed by atoms with Crippen LogP contribution in [0.5, 0.6) is 0 Å². The van der Waals surface area contributed by atoms with Crippen LogP contribution in [0.3, 0.4) is 0 Å². The number of allylic oxidation sites excluding steroid dienone is 3. The van der Waals surface area contributed by atoms with E-state index in [0.717, 1.165) is 44.9 Å². The molecule has 2 aromatic rings. The number of phosphoric ester groups is 1. The average molecular weight is 639 g/mol. The fourth-order valence-electron chi connectivity index (χ4n) is 7.44. The predicted octanol–water partition coefficient (Wildman–Crippen LogP) is 9.06. The fraction of sp³-hybridized carbons (Fsp3) is 0.579. The number of hydrogen-bond donors (Lipinski definition) is 2. The lowest BCUT2D eigenvalue weighted by Crippen LogP contribution is -2.37. The van der Waals surface area contributed by atoms with Crippen LogP contribution in [0.4, 0.5) is 0 Å². The molecular weight excluding hydrogens is 581 g/mol. The Morgan fingerprint density at radius 3 is 2.04 bits per heavy atom. The Hall–Kier alpha value is -2.05. The van der Waals surface area contributed by atoms with Crippen molar-refractivity contribution in [3.05, 3.63) is 83.9 Å². The Morgan fingerprint density at radius 1 is 0.867 bits per heavy atom. The molecule has 0 aliphatic heterocycles. The summed E-state index contributed by atoms with van der Waals surface area (Å²) in [6.07, 6.45) is 13.7. The summed E-state index contributed by atoms with van der Waals surface area (Å²) in [7, 11) is 2.09. The van der Waals surface area contributed by atoms with Crippen molar-refractivity contribution in [2.75, 3.05) is 40.9 Å². The summed E-state index contributed by atoms with van der Waals surface area (Å²) in [5.41, 5.74) is 6.41. The van der Waals surface area contributed by atoms with E-state index in [0.29, 0.717) is 11.0 Å². The van der Waals surface area contributed by atoms with E-state index >= 15 is 0 Å². The fourth-order valence-corrected chi connectivity index (χ4v) is 8.18. The molecule has 2 N–H and O–H groups in total. The summed E-state index contributed by atoms with van der Waals surface area (Å²) >= 11 is 0. The Morgan fingerprint density at radius 2 is 1.42 bits per heavy atom. The topological polar surface area (TPSA) is 76.0 Å². The molecule has 2 aromatic carbocycles. The number of nitrogens with zero attached hydrogens (tertiary/aromatic N) is 1. The van der Waals surface area contributed by atoms with Crippen LogP contribution in [0.15, 0.2) is 72.8 Å². The van der Waals surface area contributed by atoms with Crippen molar-refractivity contribution < 1.29 is 28.1 Å². The van der Waals surface area contributed by atoms with E-state index in [4.69, 9.17) is 15.6 Å². The Bertz CT molecular complexity index is 1290. The van der Waals surface area contributed by atoms with Gasteiger partial charge in [0, 0.05) is 11.3 Å². The van der Waals surface area contributed by atoms with Gasteiger partial charge in [-0.05, 0) is 60.8 Å². The van der Waals surface area contributed by atoms with E-state index in [9.17, 15) is 14.6 Å². The quantitative estimate of drug-likeness (QED) is 0.0860. The Balaban J connectivity index is 1.20. The summed E-state index contributed by atoms with van der Waals surface area (Å²) < 4.78 is 22.9. The molecule has 0 saturated heterocycles. The van der Waals surface area contributed by atoms with Crippen LogP contribution in [0, 0.1) is 11.3 Å². The molecule has 0 radical (unpaired) electrons. The minimum Gasteiger partial charge on any atom is -0.393 e. The molecule has 248 valence electrons. The maximum Gasteiger partial charge on any atom is 0.472 e. The molecule has 45 heavy (non-hydrogen) atoms. The second-order valence-corrected chi connectivity index (χ2v) is 15.6. The number of likely N-dealkylation sites (N-methyl/N-ethyl adjacent to an activating group) is 1. The first-order valence-corrected chi connectivity index (χ1v) is 18.7. The van der Waals surface area contributed by atoms with E-state index in [1.165, 1.54) is 66.4 Å². The monoisotopic (exact) mass is 638 g/mol. The van der Waals surface area contributed by atoms with Crippen LogP contribution in [0.25, 0.3) is 11.1 Å². The number of hydrogen-bond acceptors (Lipinski definition) is 4. The molecule has 6 nitrogen and oxygen atoms in total. The summed E-state index contributed by atoms with van der Waals surface area (Å²) in [6, 6.07) is 21.4. The number of rotatable bonds is 20. The molecule has 0 amide bonds. The third kappa shape index (κ3) is 9.97. The SMILES string of the molecule is C=C(c1ccccc1)C12CCC(O)C1CC(CCCCCCCCCCCOP(=O)(O)OCC[N+](C)(C)C)=C2c1ccccc1. The lowest BCUT2D eigenvalue weighted by molar-refractivity contribution is -0.870. The number of fused-ring (bicyclic) bond motifs is 1. The smallest absolute Gasteiger partial charge is 0.393 e. The molecule has 4 atom stereocenters. The summed E-state index contributed by atoms with van der Waals surface area (Å²) in [5, 5.41) is 11.2. The van der Waals surface area contributed by atoms with Gasteiger partial charge in [-0.2, -0.15) is 0 Å². The lowest BCUT2D eigenvalue weighted by Gasteiger charge is -2.37. The van der Waals surface area contributed by atoms with Gasteiger partial charge in [-0.3, -0.25) is 9.05 Å². The predicted molar refractivity (Wildman–Crippen MR) is 185 cm³/mol. The average Bonchev–Trinajstić information content (AvgIpc) is 3.51. The summed E-state index contributed by atoms with van der Waals surface area (Å²) in [5.74, 6) is 0.199. The van der Waals surface area contributed by atoms with Crippen molar-refractivity contribution in [1.82, 2.24) is 0 Å².